The summed E-state index contributed by atoms with van der Waals surface area (Å²) in [6.45, 7) is 2.71. The number of nitrogens with one attached hydrogen (secondary N) is 1. The predicted molar refractivity (Wildman–Crippen MR) is 77.7 cm³/mol. The summed E-state index contributed by atoms with van der Waals surface area (Å²) < 4.78 is 0. The minimum atomic E-state index is -0.246. The van der Waals surface area contributed by atoms with E-state index < -0.39 is 0 Å². The van der Waals surface area contributed by atoms with Crippen LogP contribution in [0.1, 0.15) is 51.9 Å². The molecule has 2 aliphatic rings. The molecule has 0 aliphatic heterocycles. The van der Waals surface area contributed by atoms with E-state index in [0.29, 0.717) is 17.8 Å². The zero-order valence-electron chi connectivity index (χ0n) is 11.4. The summed E-state index contributed by atoms with van der Waals surface area (Å²) in [5, 5.41) is 3.93. The lowest BCUT2D eigenvalue weighted by molar-refractivity contribution is -0.131. The lowest BCUT2D eigenvalue weighted by Gasteiger charge is -2.29. The Labute approximate surface area is 115 Å². The van der Waals surface area contributed by atoms with E-state index in [0.717, 1.165) is 37.9 Å². The number of thioether (sulfide) groups is 1. The van der Waals surface area contributed by atoms with Gasteiger partial charge in [0.25, 0.3) is 0 Å². The molecule has 0 bridgehead atoms. The average molecular weight is 270 g/mol. The van der Waals surface area contributed by atoms with E-state index in [1.54, 1.807) is 0 Å². The Morgan fingerprint density at radius 2 is 2.06 bits per heavy atom. The normalized spacial score (nSPS) is 30.6. The van der Waals surface area contributed by atoms with Gasteiger partial charge in [0.2, 0.25) is 5.91 Å². The molecule has 18 heavy (non-hydrogen) atoms. The van der Waals surface area contributed by atoms with Crippen LogP contribution in [0.5, 0.6) is 0 Å². The van der Waals surface area contributed by atoms with Crippen molar-refractivity contribution in [2.45, 2.75) is 63.2 Å². The van der Waals surface area contributed by atoms with Crippen LogP contribution in [0.3, 0.4) is 0 Å². The molecule has 2 fully saturated rings. The van der Waals surface area contributed by atoms with Gasteiger partial charge in [-0.25, -0.2) is 0 Å². The Hall–Kier alpha value is -0.220. The third-order valence-corrected chi connectivity index (χ3v) is 5.91. The van der Waals surface area contributed by atoms with Crippen molar-refractivity contribution in [3.8, 4) is 0 Å². The van der Waals surface area contributed by atoms with Crippen molar-refractivity contribution < 1.29 is 4.79 Å². The number of carbonyl (C=O) groups excluding carboxylic acids is 1. The molecule has 0 heterocycles. The maximum atomic E-state index is 12.5. The molecular formula is C14H26N2OS. The number of carbonyl (C=O) groups is 1. The van der Waals surface area contributed by atoms with Crippen molar-refractivity contribution >= 4 is 17.7 Å². The third kappa shape index (κ3) is 2.85. The first-order valence-corrected chi connectivity index (χ1v) is 8.39. The quantitative estimate of drug-likeness (QED) is 0.806. The van der Waals surface area contributed by atoms with Crippen LogP contribution in [0.2, 0.25) is 0 Å². The van der Waals surface area contributed by atoms with E-state index >= 15 is 0 Å². The van der Waals surface area contributed by atoms with Gasteiger partial charge in [-0.2, -0.15) is 11.8 Å². The molecule has 0 aromatic heterocycles. The highest BCUT2D eigenvalue weighted by Crippen LogP contribution is 2.38. The largest absolute Gasteiger partial charge is 0.352 e. The van der Waals surface area contributed by atoms with Crippen LogP contribution in [0, 0.1) is 5.41 Å². The molecular weight excluding hydrogens is 244 g/mol. The standard InChI is InChI=1S/C14H26N2OS/c1-2-18-12-7-5-6-11(12)16-13(17)14(10-15)8-3-4-9-14/h11-12H,2-10,15H2,1H3,(H,16,17). The van der Waals surface area contributed by atoms with Gasteiger partial charge in [-0.05, 0) is 31.4 Å². The molecule has 3 nitrogen and oxygen atoms in total. The minimum Gasteiger partial charge on any atom is -0.352 e. The third-order valence-electron chi connectivity index (χ3n) is 4.58. The second kappa shape index (κ2) is 6.29. The van der Waals surface area contributed by atoms with Crippen LogP contribution in [-0.2, 0) is 4.79 Å². The average Bonchev–Trinajstić information content (AvgIpc) is 3.00. The molecule has 0 aromatic carbocycles. The van der Waals surface area contributed by atoms with Gasteiger partial charge in [0.05, 0.1) is 5.41 Å². The number of hydrogen-bond acceptors (Lipinski definition) is 3. The molecule has 2 aliphatic carbocycles. The van der Waals surface area contributed by atoms with Crippen LogP contribution in [0.4, 0.5) is 0 Å². The molecule has 3 N–H and O–H groups in total. The molecule has 0 radical (unpaired) electrons. The maximum absolute atomic E-state index is 12.5. The van der Waals surface area contributed by atoms with Crippen molar-refractivity contribution in [2.75, 3.05) is 12.3 Å². The predicted octanol–water partition coefficient (Wildman–Crippen LogP) is 2.30. The minimum absolute atomic E-state index is 0.233. The lowest BCUT2D eigenvalue weighted by atomic mass is 9.85. The molecule has 0 spiro atoms. The fourth-order valence-corrected chi connectivity index (χ4v) is 4.60. The van der Waals surface area contributed by atoms with Gasteiger partial charge in [-0.15, -0.1) is 0 Å². The monoisotopic (exact) mass is 270 g/mol. The van der Waals surface area contributed by atoms with Crippen LogP contribution < -0.4 is 11.1 Å². The molecule has 1 amide bonds. The van der Waals surface area contributed by atoms with E-state index in [9.17, 15) is 4.79 Å². The molecule has 104 valence electrons. The molecule has 2 atom stereocenters. The van der Waals surface area contributed by atoms with Crippen LogP contribution in [-0.4, -0.2) is 29.5 Å². The molecule has 4 heteroatoms. The second-order valence-electron chi connectivity index (χ2n) is 5.70. The number of nitrogens with two attached hydrogens (primary N) is 1. The number of amides is 1. The smallest absolute Gasteiger partial charge is 0.227 e. The first-order valence-electron chi connectivity index (χ1n) is 7.34. The van der Waals surface area contributed by atoms with Gasteiger partial charge in [0.15, 0.2) is 0 Å². The van der Waals surface area contributed by atoms with E-state index in [4.69, 9.17) is 5.73 Å². The lowest BCUT2D eigenvalue weighted by Crippen LogP contribution is -2.49. The second-order valence-corrected chi connectivity index (χ2v) is 7.21. The van der Waals surface area contributed by atoms with Gasteiger partial charge >= 0.3 is 0 Å². The van der Waals surface area contributed by atoms with Crippen LogP contribution in [0.15, 0.2) is 0 Å². The number of rotatable bonds is 5. The van der Waals surface area contributed by atoms with Crippen LogP contribution >= 0.6 is 11.8 Å². The SMILES string of the molecule is CCSC1CCCC1NC(=O)C1(CN)CCCC1. The first-order chi connectivity index (χ1) is 8.72. The fourth-order valence-electron chi connectivity index (χ4n) is 3.40. The highest BCUT2D eigenvalue weighted by molar-refractivity contribution is 7.99. The summed E-state index contributed by atoms with van der Waals surface area (Å²) in [6.07, 6.45) is 7.91. The summed E-state index contributed by atoms with van der Waals surface area (Å²) in [6, 6.07) is 0.381. The van der Waals surface area contributed by atoms with Gasteiger partial charge in [-0.3, -0.25) is 4.79 Å². The molecule has 2 rings (SSSR count). The van der Waals surface area contributed by atoms with Crippen molar-refractivity contribution in [1.29, 1.82) is 0 Å². The van der Waals surface area contributed by atoms with E-state index in [1.165, 1.54) is 12.8 Å². The summed E-state index contributed by atoms with van der Waals surface area (Å²) in [5.41, 5.74) is 5.63. The van der Waals surface area contributed by atoms with Gasteiger partial charge < -0.3 is 11.1 Å². The highest BCUT2D eigenvalue weighted by Gasteiger charge is 2.41. The van der Waals surface area contributed by atoms with Crippen molar-refractivity contribution in [2.24, 2.45) is 11.1 Å². The Bertz CT molecular complexity index is 290. The van der Waals surface area contributed by atoms with Gasteiger partial charge in [-0.1, -0.05) is 26.2 Å². The molecule has 0 aromatic rings. The van der Waals surface area contributed by atoms with E-state index in [2.05, 4.69) is 12.2 Å². The number of hydrogen-bond donors (Lipinski definition) is 2. The van der Waals surface area contributed by atoms with Crippen molar-refractivity contribution in [1.82, 2.24) is 5.32 Å². The zero-order valence-corrected chi connectivity index (χ0v) is 12.2. The summed E-state index contributed by atoms with van der Waals surface area (Å²) in [4.78, 5) is 12.5. The zero-order chi connectivity index (χ0) is 13.0. The van der Waals surface area contributed by atoms with Crippen molar-refractivity contribution in [3.05, 3.63) is 0 Å². The fraction of sp³-hybridized carbons (Fsp3) is 0.929. The summed E-state index contributed by atoms with van der Waals surface area (Å²) >= 11 is 1.99. The Balaban J connectivity index is 1.93. The maximum Gasteiger partial charge on any atom is 0.227 e. The molecule has 2 saturated carbocycles. The summed E-state index contributed by atoms with van der Waals surface area (Å²) in [5.74, 6) is 1.37. The molecule has 2 unspecified atom stereocenters. The van der Waals surface area contributed by atoms with Gasteiger partial charge in [0, 0.05) is 17.8 Å². The molecule has 0 saturated heterocycles. The van der Waals surface area contributed by atoms with E-state index in [1.807, 2.05) is 11.8 Å². The topological polar surface area (TPSA) is 55.1 Å². The Morgan fingerprint density at radius 1 is 1.33 bits per heavy atom. The van der Waals surface area contributed by atoms with Gasteiger partial charge in [0.1, 0.15) is 0 Å². The Kier molecular flexibility index (Phi) is 4.96. The first kappa shape index (κ1) is 14.2. The van der Waals surface area contributed by atoms with E-state index in [-0.39, 0.29) is 11.3 Å². The Morgan fingerprint density at radius 3 is 2.67 bits per heavy atom. The van der Waals surface area contributed by atoms with Crippen molar-refractivity contribution in [3.63, 3.8) is 0 Å². The van der Waals surface area contributed by atoms with Crippen LogP contribution in [0.25, 0.3) is 0 Å². The summed E-state index contributed by atoms with van der Waals surface area (Å²) in [7, 11) is 0. The highest BCUT2D eigenvalue weighted by atomic mass is 32.2.